The second-order valence-electron chi connectivity index (χ2n) is 1.96. The van der Waals surface area contributed by atoms with Crippen molar-refractivity contribution in [3.8, 4) is 0 Å². The molecule has 0 aliphatic carbocycles. The number of hydrogen-bond acceptors (Lipinski definition) is 5. The largest absolute Gasteiger partial charge is 0.480 e. The van der Waals surface area contributed by atoms with Crippen LogP contribution in [0.5, 0.6) is 0 Å². The molecule has 0 aromatic rings. The molecule has 0 unspecified atom stereocenters. The Labute approximate surface area is 69.5 Å². The van der Waals surface area contributed by atoms with Crippen LogP contribution in [0.2, 0.25) is 0 Å². The zero-order valence-electron chi connectivity index (χ0n) is 6.15. The number of rotatable bonds is 6. The third-order valence-corrected chi connectivity index (χ3v) is 1.57. The number of nitrogens with one attached hydrogen (secondary N) is 2. The zero-order chi connectivity index (χ0) is 9.61. The van der Waals surface area contributed by atoms with Gasteiger partial charge >= 0.3 is 5.97 Å². The van der Waals surface area contributed by atoms with Gasteiger partial charge in [-0.25, -0.2) is 5.43 Å². The van der Waals surface area contributed by atoms with Crippen molar-refractivity contribution in [1.29, 1.82) is 0 Å². The predicted octanol–water partition coefficient (Wildman–Crippen LogP) is -1.95. The SMILES string of the molecule is O=C(O)CNNCCS(=O)(=O)O. The summed E-state index contributed by atoms with van der Waals surface area (Å²) < 4.78 is 28.4. The third kappa shape index (κ3) is 9.30. The van der Waals surface area contributed by atoms with E-state index in [1.807, 2.05) is 0 Å². The highest BCUT2D eigenvalue weighted by atomic mass is 32.2. The first-order valence-corrected chi connectivity index (χ1v) is 4.65. The molecule has 0 aliphatic heterocycles. The zero-order valence-corrected chi connectivity index (χ0v) is 6.97. The normalized spacial score (nSPS) is 11.4. The van der Waals surface area contributed by atoms with E-state index in [-0.39, 0.29) is 13.1 Å². The summed E-state index contributed by atoms with van der Waals surface area (Å²) in [4.78, 5) is 9.89. The summed E-state index contributed by atoms with van der Waals surface area (Å²) in [6.45, 7) is -0.364. The molecular formula is C4H10N2O5S. The lowest BCUT2D eigenvalue weighted by atomic mass is 10.7. The summed E-state index contributed by atoms with van der Waals surface area (Å²) in [6, 6.07) is 0. The average Bonchev–Trinajstić information content (AvgIpc) is 1.83. The van der Waals surface area contributed by atoms with Gasteiger partial charge < -0.3 is 5.11 Å². The Morgan fingerprint density at radius 2 is 1.92 bits per heavy atom. The van der Waals surface area contributed by atoms with Gasteiger partial charge in [0.15, 0.2) is 0 Å². The lowest BCUT2D eigenvalue weighted by Crippen LogP contribution is -2.38. The molecule has 0 fully saturated rings. The van der Waals surface area contributed by atoms with Crippen molar-refractivity contribution >= 4 is 16.1 Å². The molecule has 0 rings (SSSR count). The van der Waals surface area contributed by atoms with E-state index >= 15 is 0 Å². The standard InChI is InChI=1S/C4H10N2O5S/c7-4(8)3-6-5-1-2-12(9,10)11/h5-6H,1-3H2,(H,7,8)(H,9,10,11). The molecular weight excluding hydrogens is 188 g/mol. The van der Waals surface area contributed by atoms with Crippen LogP contribution in [0.15, 0.2) is 0 Å². The molecule has 8 heteroatoms. The Balaban J connectivity index is 3.29. The molecule has 0 radical (unpaired) electrons. The van der Waals surface area contributed by atoms with Crippen LogP contribution in [-0.4, -0.2) is 42.9 Å². The number of aliphatic carboxylic acids is 1. The van der Waals surface area contributed by atoms with Gasteiger partial charge in [0.1, 0.15) is 6.54 Å². The fraction of sp³-hybridized carbons (Fsp3) is 0.750. The highest BCUT2D eigenvalue weighted by Crippen LogP contribution is 1.76. The van der Waals surface area contributed by atoms with Gasteiger partial charge in [-0.2, -0.15) is 8.42 Å². The van der Waals surface area contributed by atoms with Crippen LogP contribution in [0.1, 0.15) is 0 Å². The summed E-state index contributed by atoms with van der Waals surface area (Å²) in [5.74, 6) is -1.52. The van der Waals surface area contributed by atoms with Crippen molar-refractivity contribution in [2.24, 2.45) is 0 Å². The van der Waals surface area contributed by atoms with Crippen molar-refractivity contribution in [3.63, 3.8) is 0 Å². The smallest absolute Gasteiger partial charge is 0.318 e. The molecule has 72 valence electrons. The summed E-state index contributed by atoms with van der Waals surface area (Å²) in [5.41, 5.74) is 4.54. The second kappa shape index (κ2) is 5.04. The molecule has 0 bridgehead atoms. The van der Waals surface area contributed by atoms with E-state index in [9.17, 15) is 13.2 Å². The van der Waals surface area contributed by atoms with Crippen LogP contribution in [0.4, 0.5) is 0 Å². The van der Waals surface area contributed by atoms with Crippen molar-refractivity contribution in [2.75, 3.05) is 18.8 Å². The van der Waals surface area contributed by atoms with Gasteiger partial charge in [0, 0.05) is 6.54 Å². The van der Waals surface area contributed by atoms with Crippen molar-refractivity contribution < 1.29 is 22.9 Å². The lowest BCUT2D eigenvalue weighted by Gasteiger charge is -2.01. The molecule has 0 aliphatic rings. The fourth-order valence-corrected chi connectivity index (χ4v) is 0.767. The van der Waals surface area contributed by atoms with Gasteiger partial charge in [0.25, 0.3) is 10.1 Å². The maximum absolute atomic E-state index is 10.1. The predicted molar refractivity (Wildman–Crippen MR) is 40.1 cm³/mol. The number of carbonyl (C=O) groups is 1. The maximum Gasteiger partial charge on any atom is 0.318 e. The topological polar surface area (TPSA) is 116 Å². The van der Waals surface area contributed by atoms with Gasteiger partial charge in [-0.05, 0) is 0 Å². The van der Waals surface area contributed by atoms with Gasteiger partial charge in [-0.3, -0.25) is 14.8 Å². The minimum Gasteiger partial charge on any atom is -0.480 e. The van der Waals surface area contributed by atoms with Crippen molar-refractivity contribution in [3.05, 3.63) is 0 Å². The number of hydrogen-bond donors (Lipinski definition) is 4. The molecule has 7 nitrogen and oxygen atoms in total. The molecule has 0 spiro atoms. The van der Waals surface area contributed by atoms with Gasteiger partial charge in [0.05, 0.1) is 5.75 Å². The first-order valence-electron chi connectivity index (χ1n) is 3.04. The Bertz CT molecular complexity index is 236. The molecule has 12 heavy (non-hydrogen) atoms. The molecule has 4 N–H and O–H groups in total. The van der Waals surface area contributed by atoms with Gasteiger partial charge in [-0.1, -0.05) is 0 Å². The van der Waals surface area contributed by atoms with Crippen LogP contribution in [-0.2, 0) is 14.9 Å². The molecule has 0 aromatic heterocycles. The molecule has 0 amide bonds. The molecule has 0 aromatic carbocycles. The Morgan fingerprint density at radius 3 is 2.33 bits per heavy atom. The van der Waals surface area contributed by atoms with Crippen LogP contribution in [0, 0.1) is 0 Å². The number of carboxylic acid groups (broad SMARTS) is 1. The first kappa shape index (κ1) is 11.3. The monoisotopic (exact) mass is 198 g/mol. The van der Waals surface area contributed by atoms with Crippen molar-refractivity contribution in [2.45, 2.75) is 0 Å². The first-order chi connectivity index (χ1) is 5.42. The second-order valence-corrected chi connectivity index (χ2v) is 3.53. The van der Waals surface area contributed by atoms with E-state index in [2.05, 4.69) is 10.9 Å². The van der Waals surface area contributed by atoms with Crippen LogP contribution >= 0.6 is 0 Å². The van der Waals surface area contributed by atoms with Gasteiger partial charge in [-0.15, -0.1) is 0 Å². The van der Waals surface area contributed by atoms with Crippen LogP contribution < -0.4 is 10.9 Å². The summed E-state index contributed by atoms with van der Waals surface area (Å²) in [6.07, 6.45) is 0. The van der Waals surface area contributed by atoms with E-state index < -0.39 is 21.8 Å². The Hall–Kier alpha value is -0.700. The summed E-state index contributed by atoms with van der Waals surface area (Å²) >= 11 is 0. The fourth-order valence-electron chi connectivity index (χ4n) is 0.407. The maximum atomic E-state index is 10.1. The van der Waals surface area contributed by atoms with Crippen LogP contribution in [0.25, 0.3) is 0 Å². The molecule has 0 saturated carbocycles. The minimum absolute atomic E-state index is 0.0495. The molecule has 0 saturated heterocycles. The molecule has 0 heterocycles. The molecule has 0 atom stereocenters. The van der Waals surface area contributed by atoms with Crippen molar-refractivity contribution in [1.82, 2.24) is 10.9 Å². The van der Waals surface area contributed by atoms with Gasteiger partial charge in [0.2, 0.25) is 0 Å². The Morgan fingerprint density at radius 1 is 1.33 bits per heavy atom. The Kier molecular flexibility index (Phi) is 4.74. The van der Waals surface area contributed by atoms with E-state index in [1.165, 1.54) is 0 Å². The average molecular weight is 198 g/mol. The van der Waals surface area contributed by atoms with E-state index in [4.69, 9.17) is 9.66 Å². The summed E-state index contributed by atoms with van der Waals surface area (Å²) in [7, 11) is -3.97. The quantitative estimate of drug-likeness (QED) is 0.223. The number of carboxylic acids is 1. The highest BCUT2D eigenvalue weighted by Gasteiger charge is 2.02. The lowest BCUT2D eigenvalue weighted by molar-refractivity contribution is -0.136. The minimum atomic E-state index is -3.97. The number of hydrazine groups is 1. The highest BCUT2D eigenvalue weighted by molar-refractivity contribution is 7.85. The van der Waals surface area contributed by atoms with E-state index in [1.54, 1.807) is 0 Å². The van der Waals surface area contributed by atoms with Crippen LogP contribution in [0.3, 0.4) is 0 Å². The van der Waals surface area contributed by atoms with E-state index in [0.29, 0.717) is 0 Å². The van der Waals surface area contributed by atoms with E-state index in [0.717, 1.165) is 0 Å². The summed E-state index contributed by atoms with van der Waals surface area (Å²) in [5, 5.41) is 8.10. The third-order valence-electron chi connectivity index (χ3n) is 0.850.